The number of rotatable bonds is 4. The molecule has 0 radical (unpaired) electrons. The third kappa shape index (κ3) is 3.76. The largest absolute Gasteiger partial charge is 0.336 e. The van der Waals surface area contributed by atoms with Crippen molar-refractivity contribution in [2.45, 2.75) is 13.5 Å². The Labute approximate surface area is 154 Å². The fourth-order valence-electron chi connectivity index (χ4n) is 2.70. The monoisotopic (exact) mass is 369 g/mol. The van der Waals surface area contributed by atoms with E-state index in [1.54, 1.807) is 31.2 Å². The van der Waals surface area contributed by atoms with Gasteiger partial charge in [0, 0.05) is 30.9 Å². The molecule has 7 heteroatoms. The van der Waals surface area contributed by atoms with E-state index in [2.05, 4.69) is 5.10 Å². The molecular weight excluding hydrogens is 352 g/mol. The molecule has 0 spiro atoms. The summed E-state index contributed by atoms with van der Waals surface area (Å²) in [6, 6.07) is 13.2. The Kier molecular flexibility index (Phi) is 5.12. The van der Waals surface area contributed by atoms with Crippen molar-refractivity contribution in [2.24, 2.45) is 0 Å². The van der Waals surface area contributed by atoms with E-state index in [9.17, 15) is 18.4 Å². The topological polar surface area (TPSA) is 55.2 Å². The molecule has 0 bridgehead atoms. The van der Waals surface area contributed by atoms with Crippen LogP contribution in [0.5, 0.6) is 0 Å². The van der Waals surface area contributed by atoms with Crippen LogP contribution in [0.25, 0.3) is 5.69 Å². The van der Waals surface area contributed by atoms with Gasteiger partial charge in [-0.25, -0.2) is 13.5 Å². The predicted octanol–water partition coefficient (Wildman–Crippen LogP) is 3.09. The van der Waals surface area contributed by atoms with Crippen LogP contribution >= 0.6 is 0 Å². The standard InChI is InChI=1S/C20H17F2N3O2/c1-13-11-18(26)19(23-25(13)17-10-6-5-9-16(17)22)20(27)24(2)12-14-7-3-4-8-15(14)21/h3-11H,12H2,1-2H3. The Balaban J connectivity index is 1.98. The summed E-state index contributed by atoms with van der Waals surface area (Å²) < 4.78 is 29.1. The average molecular weight is 369 g/mol. The predicted molar refractivity (Wildman–Crippen MR) is 96.7 cm³/mol. The summed E-state index contributed by atoms with van der Waals surface area (Å²) in [7, 11) is 1.45. The molecule has 2 aromatic carbocycles. The number of aryl methyl sites for hydroxylation is 1. The van der Waals surface area contributed by atoms with Crippen LogP contribution in [0, 0.1) is 18.6 Å². The summed E-state index contributed by atoms with van der Waals surface area (Å²) in [4.78, 5) is 26.2. The van der Waals surface area contributed by atoms with Crippen LogP contribution in [-0.2, 0) is 6.54 Å². The van der Waals surface area contributed by atoms with Crippen molar-refractivity contribution in [1.82, 2.24) is 14.7 Å². The molecule has 1 heterocycles. The molecule has 3 aromatic rings. The quantitative estimate of drug-likeness (QED) is 0.710. The summed E-state index contributed by atoms with van der Waals surface area (Å²) in [5.41, 5.74) is -0.109. The number of hydrogen-bond donors (Lipinski definition) is 0. The lowest BCUT2D eigenvalue weighted by molar-refractivity contribution is 0.0774. The normalized spacial score (nSPS) is 10.7. The van der Waals surface area contributed by atoms with Crippen molar-refractivity contribution in [3.8, 4) is 5.69 Å². The first-order chi connectivity index (χ1) is 12.9. The minimum Gasteiger partial charge on any atom is -0.336 e. The highest BCUT2D eigenvalue weighted by atomic mass is 19.1. The Morgan fingerprint density at radius 3 is 2.37 bits per heavy atom. The first kappa shape index (κ1) is 18.4. The van der Waals surface area contributed by atoms with Crippen LogP contribution in [0.15, 0.2) is 59.4 Å². The van der Waals surface area contributed by atoms with E-state index in [1.165, 1.54) is 47.0 Å². The molecule has 0 saturated heterocycles. The van der Waals surface area contributed by atoms with Crippen molar-refractivity contribution in [3.05, 3.63) is 93.4 Å². The number of carbonyl (C=O) groups is 1. The first-order valence-electron chi connectivity index (χ1n) is 8.23. The zero-order valence-electron chi connectivity index (χ0n) is 14.8. The lowest BCUT2D eigenvalue weighted by Gasteiger charge is -2.18. The van der Waals surface area contributed by atoms with E-state index in [4.69, 9.17) is 0 Å². The third-order valence-corrected chi connectivity index (χ3v) is 4.10. The van der Waals surface area contributed by atoms with Crippen molar-refractivity contribution in [1.29, 1.82) is 0 Å². The van der Waals surface area contributed by atoms with Gasteiger partial charge in [0.1, 0.15) is 17.3 Å². The van der Waals surface area contributed by atoms with Crippen LogP contribution in [0.3, 0.4) is 0 Å². The summed E-state index contributed by atoms with van der Waals surface area (Å²) in [5, 5.41) is 4.07. The zero-order chi connectivity index (χ0) is 19.6. The Hall–Kier alpha value is -3.35. The summed E-state index contributed by atoms with van der Waals surface area (Å²) >= 11 is 0. The van der Waals surface area contributed by atoms with Crippen LogP contribution < -0.4 is 5.43 Å². The molecule has 1 aromatic heterocycles. The van der Waals surface area contributed by atoms with Gasteiger partial charge >= 0.3 is 0 Å². The lowest BCUT2D eigenvalue weighted by Crippen LogP contribution is -2.33. The van der Waals surface area contributed by atoms with Gasteiger partial charge < -0.3 is 4.90 Å². The summed E-state index contributed by atoms with van der Waals surface area (Å²) in [5.74, 6) is -1.65. The smallest absolute Gasteiger partial charge is 0.278 e. The molecular formula is C20H17F2N3O2. The van der Waals surface area contributed by atoms with Gasteiger partial charge in [0.15, 0.2) is 5.69 Å². The molecule has 1 amide bonds. The van der Waals surface area contributed by atoms with E-state index >= 15 is 0 Å². The van der Waals surface area contributed by atoms with Gasteiger partial charge in [-0.3, -0.25) is 9.59 Å². The van der Waals surface area contributed by atoms with Gasteiger partial charge in [-0.15, -0.1) is 0 Å². The summed E-state index contributed by atoms with van der Waals surface area (Å²) in [6.07, 6.45) is 0. The first-order valence-corrected chi connectivity index (χ1v) is 8.23. The Morgan fingerprint density at radius 1 is 1.07 bits per heavy atom. The fourth-order valence-corrected chi connectivity index (χ4v) is 2.70. The minimum absolute atomic E-state index is 0.0276. The maximum atomic E-state index is 14.1. The number of hydrogen-bond acceptors (Lipinski definition) is 3. The molecule has 5 nitrogen and oxygen atoms in total. The van der Waals surface area contributed by atoms with Gasteiger partial charge in [-0.2, -0.15) is 5.10 Å². The number of halogens is 2. The molecule has 0 aliphatic carbocycles. The molecule has 3 rings (SSSR count). The average Bonchev–Trinajstić information content (AvgIpc) is 2.64. The van der Waals surface area contributed by atoms with E-state index in [0.717, 1.165) is 0 Å². The SMILES string of the molecule is Cc1cc(=O)c(C(=O)N(C)Cc2ccccc2F)nn1-c1ccccc1F. The molecule has 0 N–H and O–H groups in total. The molecule has 0 unspecified atom stereocenters. The van der Waals surface area contributed by atoms with Gasteiger partial charge in [0.25, 0.3) is 5.91 Å². The number of benzene rings is 2. The highest BCUT2D eigenvalue weighted by molar-refractivity contribution is 5.91. The number of amides is 1. The van der Waals surface area contributed by atoms with Crippen LogP contribution in [-0.4, -0.2) is 27.6 Å². The highest BCUT2D eigenvalue weighted by Crippen LogP contribution is 2.14. The van der Waals surface area contributed by atoms with E-state index in [0.29, 0.717) is 11.3 Å². The van der Waals surface area contributed by atoms with Gasteiger partial charge in [0.2, 0.25) is 5.43 Å². The van der Waals surface area contributed by atoms with Gasteiger partial charge in [0.05, 0.1) is 0 Å². The fraction of sp³-hybridized carbons (Fsp3) is 0.150. The number of carbonyl (C=O) groups excluding carboxylic acids is 1. The molecule has 0 aliphatic rings. The van der Waals surface area contributed by atoms with Crippen LogP contribution in [0.4, 0.5) is 8.78 Å². The molecule has 0 fully saturated rings. The van der Waals surface area contributed by atoms with E-state index in [-0.39, 0.29) is 17.9 Å². The van der Waals surface area contributed by atoms with Crippen molar-refractivity contribution in [2.75, 3.05) is 7.05 Å². The van der Waals surface area contributed by atoms with E-state index in [1.807, 2.05) is 0 Å². The van der Waals surface area contributed by atoms with Crippen molar-refractivity contribution >= 4 is 5.91 Å². The summed E-state index contributed by atoms with van der Waals surface area (Å²) in [6.45, 7) is 1.57. The molecule has 27 heavy (non-hydrogen) atoms. The Bertz CT molecular complexity index is 1060. The number of para-hydroxylation sites is 1. The highest BCUT2D eigenvalue weighted by Gasteiger charge is 2.20. The van der Waals surface area contributed by atoms with Gasteiger partial charge in [-0.05, 0) is 25.1 Å². The van der Waals surface area contributed by atoms with Crippen LogP contribution in [0.2, 0.25) is 0 Å². The van der Waals surface area contributed by atoms with E-state index < -0.39 is 23.0 Å². The van der Waals surface area contributed by atoms with Crippen molar-refractivity contribution < 1.29 is 13.6 Å². The number of nitrogens with zero attached hydrogens (tertiary/aromatic N) is 3. The van der Waals surface area contributed by atoms with Crippen LogP contribution in [0.1, 0.15) is 21.7 Å². The second kappa shape index (κ2) is 7.49. The zero-order valence-corrected chi connectivity index (χ0v) is 14.8. The minimum atomic E-state index is -0.673. The lowest BCUT2D eigenvalue weighted by atomic mass is 10.2. The maximum absolute atomic E-state index is 14.1. The van der Waals surface area contributed by atoms with Crippen molar-refractivity contribution in [3.63, 3.8) is 0 Å². The maximum Gasteiger partial charge on any atom is 0.278 e. The molecule has 0 atom stereocenters. The third-order valence-electron chi connectivity index (χ3n) is 4.10. The second-order valence-electron chi connectivity index (χ2n) is 6.11. The Morgan fingerprint density at radius 2 is 1.70 bits per heavy atom. The number of aromatic nitrogens is 2. The van der Waals surface area contributed by atoms with Gasteiger partial charge in [-0.1, -0.05) is 30.3 Å². The second-order valence-corrected chi connectivity index (χ2v) is 6.11. The molecule has 0 saturated carbocycles. The molecule has 0 aliphatic heterocycles. The molecule has 138 valence electrons.